The fraction of sp³-hybridized carbons (Fsp3) is 0.462. The molecule has 0 aromatic heterocycles. The summed E-state index contributed by atoms with van der Waals surface area (Å²) in [4.78, 5) is 0. The molecule has 0 spiro atoms. The number of allylic oxidation sites excluding steroid dienone is 1. The van der Waals surface area contributed by atoms with Gasteiger partial charge in [-0.05, 0) is 26.8 Å². The van der Waals surface area contributed by atoms with Gasteiger partial charge in [0.05, 0.1) is 8.22 Å². The van der Waals surface area contributed by atoms with Crippen molar-refractivity contribution in [3.05, 3.63) is 72.9 Å². The maximum Gasteiger partial charge on any atom is 0.105 e. The van der Waals surface area contributed by atoms with Gasteiger partial charge in [0.2, 0.25) is 0 Å². The summed E-state index contributed by atoms with van der Waals surface area (Å²) in [6.45, 7) is 13.2. The quantitative estimate of drug-likeness (QED) is 0.229. The van der Waals surface area contributed by atoms with E-state index in [1.54, 1.807) is 0 Å². The second-order valence-electron chi connectivity index (χ2n) is 7.94. The molecule has 0 saturated heterocycles. The lowest BCUT2D eigenvalue weighted by Gasteiger charge is -2.42. The number of benzene rings is 2. The number of hydrogen-bond acceptors (Lipinski definition) is 3. The van der Waals surface area contributed by atoms with Gasteiger partial charge in [0.15, 0.2) is 0 Å². The number of nitrogens with zero attached hydrogens (tertiary/aromatic N) is 2. The largest absolute Gasteiger partial charge is 0.339 e. The molecule has 31 heavy (non-hydrogen) atoms. The summed E-state index contributed by atoms with van der Waals surface area (Å²) in [6.07, 6.45) is 7.44. The smallest absolute Gasteiger partial charge is 0.105 e. The van der Waals surface area contributed by atoms with E-state index in [9.17, 15) is 0 Å². The van der Waals surface area contributed by atoms with Crippen molar-refractivity contribution in [3.8, 4) is 0 Å². The molecule has 0 saturated carbocycles. The molecule has 3 nitrogen and oxygen atoms in total. The van der Waals surface area contributed by atoms with Crippen LogP contribution in [0.3, 0.4) is 0 Å². The van der Waals surface area contributed by atoms with Crippen LogP contribution in [0.1, 0.15) is 59.3 Å². The highest BCUT2D eigenvalue weighted by Crippen LogP contribution is 2.55. The highest BCUT2D eigenvalue weighted by atomic mass is 31.2. The molecule has 0 bridgehead atoms. The van der Waals surface area contributed by atoms with Gasteiger partial charge in [0.25, 0.3) is 0 Å². The van der Waals surface area contributed by atoms with Crippen LogP contribution in [0.5, 0.6) is 0 Å². The molecule has 5 heteroatoms. The molecule has 2 atom stereocenters. The Bertz CT molecular complexity index is 739. The molecule has 2 aromatic carbocycles. The Morgan fingerprint density at radius 2 is 1.39 bits per heavy atom. The molecule has 0 radical (unpaired) electrons. The molecule has 1 N–H and O–H groups in total. The van der Waals surface area contributed by atoms with Crippen molar-refractivity contribution in [2.75, 3.05) is 20.1 Å². The highest BCUT2D eigenvalue weighted by molar-refractivity contribution is 7.75. The zero-order chi connectivity index (χ0) is 22.5. The van der Waals surface area contributed by atoms with Crippen molar-refractivity contribution in [3.63, 3.8) is 0 Å². The van der Waals surface area contributed by atoms with Gasteiger partial charge < -0.3 is 4.67 Å². The van der Waals surface area contributed by atoms with Crippen LogP contribution >= 0.6 is 16.4 Å². The van der Waals surface area contributed by atoms with E-state index in [0.29, 0.717) is 0 Å². The predicted octanol–water partition coefficient (Wildman–Crippen LogP) is 7.00. The van der Waals surface area contributed by atoms with Crippen molar-refractivity contribution in [2.24, 2.45) is 0 Å². The predicted molar refractivity (Wildman–Crippen MR) is 142 cm³/mol. The molecule has 0 amide bonds. The first-order chi connectivity index (χ1) is 15.1. The summed E-state index contributed by atoms with van der Waals surface area (Å²) in [5, 5.41) is 6.70. The average molecular weight is 458 g/mol. The third-order valence-electron chi connectivity index (χ3n) is 5.24. The van der Waals surface area contributed by atoms with Crippen molar-refractivity contribution in [1.82, 2.24) is 14.2 Å². The minimum absolute atomic E-state index is 0.643. The lowest BCUT2D eigenvalue weighted by atomic mass is 10.2. The van der Waals surface area contributed by atoms with Crippen LogP contribution in [-0.2, 0) is 0 Å². The monoisotopic (exact) mass is 457 g/mol. The maximum absolute atomic E-state index is 4.38. The minimum Gasteiger partial charge on any atom is -0.339 e. The zero-order valence-electron chi connectivity index (χ0n) is 19.9. The van der Waals surface area contributed by atoms with E-state index in [1.807, 2.05) is 0 Å². The van der Waals surface area contributed by atoms with Crippen molar-refractivity contribution in [2.45, 2.75) is 59.3 Å². The maximum atomic E-state index is 4.38. The first kappa shape index (κ1) is 26.0. The van der Waals surface area contributed by atoms with Gasteiger partial charge in [0.1, 0.15) is 8.22 Å². The number of rotatable bonds is 15. The Kier molecular flexibility index (Phi) is 12.4. The Hall–Kier alpha value is -1.24. The Balaban J connectivity index is 2.38. The van der Waals surface area contributed by atoms with E-state index in [2.05, 4.69) is 109 Å². The van der Waals surface area contributed by atoms with Crippen LogP contribution < -0.4 is 15.7 Å². The van der Waals surface area contributed by atoms with Gasteiger partial charge in [0, 0.05) is 29.4 Å². The second kappa shape index (κ2) is 14.8. The third kappa shape index (κ3) is 8.32. The third-order valence-corrected chi connectivity index (χ3v) is 10.5. The first-order valence-corrected chi connectivity index (χ1v) is 14.2. The summed E-state index contributed by atoms with van der Waals surface area (Å²) in [5.41, 5.74) is 1.16. The number of hydrogen-bond donors (Lipinski definition) is 1. The van der Waals surface area contributed by atoms with Crippen LogP contribution in [-0.4, -0.2) is 29.2 Å². The van der Waals surface area contributed by atoms with Crippen molar-refractivity contribution < 1.29 is 0 Å². The Morgan fingerprint density at radius 1 is 0.839 bits per heavy atom. The molecular weight excluding hydrogens is 416 g/mol. The molecule has 0 heterocycles. The van der Waals surface area contributed by atoms with E-state index >= 15 is 0 Å². The number of unbranched alkanes of at least 4 members (excludes halogenated alkanes) is 4. The molecule has 170 valence electrons. The summed E-state index contributed by atoms with van der Waals surface area (Å²) in [5.74, 6) is 0. The van der Waals surface area contributed by atoms with Crippen molar-refractivity contribution in [1.29, 1.82) is 0 Å². The van der Waals surface area contributed by atoms with E-state index < -0.39 is 16.4 Å². The van der Waals surface area contributed by atoms with E-state index in [0.717, 1.165) is 18.8 Å². The van der Waals surface area contributed by atoms with Gasteiger partial charge in [-0.15, -0.1) is 0 Å². The molecule has 0 aliphatic carbocycles. The first-order valence-electron chi connectivity index (χ1n) is 11.7. The lowest BCUT2D eigenvalue weighted by molar-refractivity contribution is 0.506. The van der Waals surface area contributed by atoms with Crippen LogP contribution in [0.25, 0.3) is 0 Å². The number of nitrogens with one attached hydrogen (secondary N) is 1. The molecular formula is C26H41N3P2. The Morgan fingerprint density at radius 3 is 1.94 bits per heavy atom. The SMILES string of the molecule is C=C(C)N(CCCCC)P(c1ccccc1)N(C)P(NCCCCC)c1ccccc1. The van der Waals surface area contributed by atoms with Gasteiger partial charge in [-0.2, -0.15) is 0 Å². The van der Waals surface area contributed by atoms with Crippen LogP contribution in [0.4, 0.5) is 0 Å². The second-order valence-corrected chi connectivity index (χ2v) is 12.5. The van der Waals surface area contributed by atoms with E-state index in [-0.39, 0.29) is 0 Å². The van der Waals surface area contributed by atoms with Crippen molar-refractivity contribution >= 4 is 27.1 Å². The van der Waals surface area contributed by atoms with Crippen LogP contribution in [0, 0.1) is 0 Å². The summed E-state index contributed by atoms with van der Waals surface area (Å²) < 4.78 is 5.17. The van der Waals surface area contributed by atoms with Gasteiger partial charge >= 0.3 is 0 Å². The molecule has 2 unspecified atom stereocenters. The Labute approximate surface area is 193 Å². The summed E-state index contributed by atoms with van der Waals surface area (Å²) in [7, 11) is 0.972. The standard InChI is InChI=1S/C26H41N3P2/c1-6-8-16-22-27-30(25-18-12-10-13-19-25)28(5)31(26-20-14-11-15-21-26)29(24(3)4)23-17-9-7-2/h10-15,18-21,27H,3,6-9,16-17,22-23H2,1-2,4-5H3. The van der Waals surface area contributed by atoms with Gasteiger partial charge in [-0.25, -0.2) is 4.44 Å². The summed E-state index contributed by atoms with van der Waals surface area (Å²) in [6, 6.07) is 22.0. The highest BCUT2D eigenvalue weighted by Gasteiger charge is 2.30. The zero-order valence-corrected chi connectivity index (χ0v) is 21.7. The van der Waals surface area contributed by atoms with E-state index in [4.69, 9.17) is 0 Å². The normalized spacial score (nSPS) is 13.2. The molecule has 0 fully saturated rings. The molecule has 0 aliphatic heterocycles. The fourth-order valence-corrected chi connectivity index (χ4v) is 8.90. The lowest BCUT2D eigenvalue weighted by Crippen LogP contribution is -2.34. The van der Waals surface area contributed by atoms with Gasteiger partial charge in [-0.1, -0.05) is 107 Å². The van der Waals surface area contributed by atoms with Crippen LogP contribution in [0.15, 0.2) is 72.9 Å². The summed E-state index contributed by atoms with van der Waals surface area (Å²) >= 11 is 0. The average Bonchev–Trinajstić information content (AvgIpc) is 2.79. The van der Waals surface area contributed by atoms with Crippen LogP contribution in [0.2, 0.25) is 0 Å². The topological polar surface area (TPSA) is 18.5 Å². The molecule has 0 aliphatic rings. The molecule has 2 aromatic rings. The fourth-order valence-electron chi connectivity index (χ4n) is 3.56. The minimum atomic E-state index is -0.690. The molecule has 2 rings (SSSR count). The van der Waals surface area contributed by atoms with E-state index in [1.165, 1.54) is 49.1 Å². The van der Waals surface area contributed by atoms with Gasteiger partial charge in [-0.3, -0.25) is 5.09 Å².